The first kappa shape index (κ1) is 13.6. The Hall–Kier alpha value is -1.49. The third kappa shape index (κ3) is 4.91. The van der Waals surface area contributed by atoms with Crippen LogP contribution >= 0.6 is 0 Å². The van der Waals surface area contributed by atoms with Crippen LogP contribution < -0.4 is 10.6 Å². The molecule has 0 aromatic carbocycles. The fraction of sp³-hybridized carbons (Fsp3) is 0.583. The predicted octanol–water partition coefficient (Wildman–Crippen LogP) is 1.47. The van der Waals surface area contributed by atoms with Crippen molar-refractivity contribution in [3.63, 3.8) is 0 Å². The molecule has 0 aliphatic carbocycles. The van der Waals surface area contributed by atoms with Crippen molar-refractivity contribution in [2.75, 3.05) is 6.54 Å². The molecule has 1 rings (SSSR count). The Balaban J connectivity index is 2.26. The molecule has 5 nitrogen and oxygen atoms in total. The third-order valence-electron chi connectivity index (χ3n) is 2.43. The molecule has 1 heterocycles. The van der Waals surface area contributed by atoms with E-state index in [1.54, 1.807) is 6.92 Å². The lowest BCUT2D eigenvalue weighted by Crippen LogP contribution is -2.36. The lowest BCUT2D eigenvalue weighted by Gasteiger charge is -2.08. The molecule has 0 fully saturated rings. The van der Waals surface area contributed by atoms with Crippen LogP contribution in [0.2, 0.25) is 0 Å². The zero-order valence-corrected chi connectivity index (χ0v) is 10.5. The van der Waals surface area contributed by atoms with Crippen molar-refractivity contribution >= 4 is 6.03 Å². The van der Waals surface area contributed by atoms with Gasteiger partial charge in [0.25, 0.3) is 0 Å². The maximum atomic E-state index is 11.4. The predicted molar refractivity (Wildman–Crippen MR) is 64.7 cm³/mol. The summed E-state index contributed by atoms with van der Waals surface area (Å²) in [5.74, 6) is 1.67. The van der Waals surface area contributed by atoms with Crippen molar-refractivity contribution in [1.29, 1.82) is 0 Å². The summed E-state index contributed by atoms with van der Waals surface area (Å²) in [5.41, 5.74) is 0.980. The molecule has 5 heteroatoms. The van der Waals surface area contributed by atoms with E-state index in [1.807, 2.05) is 19.9 Å². The van der Waals surface area contributed by atoms with E-state index in [4.69, 9.17) is 9.52 Å². The van der Waals surface area contributed by atoms with Gasteiger partial charge in [-0.2, -0.15) is 0 Å². The molecule has 0 saturated heterocycles. The van der Waals surface area contributed by atoms with Crippen LogP contribution in [0, 0.1) is 13.8 Å². The number of aliphatic hydroxyl groups is 1. The monoisotopic (exact) mass is 240 g/mol. The zero-order chi connectivity index (χ0) is 12.8. The number of furan rings is 1. The maximum Gasteiger partial charge on any atom is 0.315 e. The highest BCUT2D eigenvalue weighted by Crippen LogP contribution is 2.12. The second kappa shape index (κ2) is 6.30. The van der Waals surface area contributed by atoms with Gasteiger partial charge in [-0.05, 0) is 33.3 Å². The molecule has 0 aliphatic heterocycles. The minimum absolute atomic E-state index is 0.232. The van der Waals surface area contributed by atoms with Crippen LogP contribution in [0.4, 0.5) is 4.79 Å². The highest BCUT2D eigenvalue weighted by molar-refractivity contribution is 5.73. The van der Waals surface area contributed by atoms with Gasteiger partial charge >= 0.3 is 6.03 Å². The van der Waals surface area contributed by atoms with E-state index in [1.165, 1.54) is 0 Å². The summed E-state index contributed by atoms with van der Waals surface area (Å²) >= 11 is 0. The number of aryl methyl sites for hydroxylation is 2. The zero-order valence-electron chi connectivity index (χ0n) is 10.5. The molecule has 0 aliphatic rings. The van der Waals surface area contributed by atoms with Crippen LogP contribution in [-0.2, 0) is 6.54 Å². The molecule has 0 spiro atoms. The number of hydrogen-bond acceptors (Lipinski definition) is 3. The average molecular weight is 240 g/mol. The SMILES string of the molecule is Cc1cc(CNC(=O)NCCC(C)O)c(C)o1. The third-order valence-corrected chi connectivity index (χ3v) is 2.43. The van der Waals surface area contributed by atoms with E-state index >= 15 is 0 Å². The smallest absolute Gasteiger partial charge is 0.315 e. The van der Waals surface area contributed by atoms with Crippen LogP contribution in [-0.4, -0.2) is 23.8 Å². The first-order valence-corrected chi connectivity index (χ1v) is 5.74. The number of nitrogens with one attached hydrogen (secondary N) is 2. The maximum absolute atomic E-state index is 11.4. The molecule has 96 valence electrons. The van der Waals surface area contributed by atoms with Crippen molar-refractivity contribution in [3.05, 3.63) is 23.2 Å². The molecular formula is C12H20N2O3. The second-order valence-corrected chi connectivity index (χ2v) is 4.19. The fourth-order valence-electron chi connectivity index (χ4n) is 1.49. The summed E-state index contributed by atoms with van der Waals surface area (Å²) in [4.78, 5) is 11.4. The van der Waals surface area contributed by atoms with Gasteiger partial charge in [0.2, 0.25) is 0 Å². The minimum Gasteiger partial charge on any atom is -0.466 e. The van der Waals surface area contributed by atoms with Crippen LogP contribution in [0.15, 0.2) is 10.5 Å². The van der Waals surface area contributed by atoms with Gasteiger partial charge in [0.05, 0.1) is 6.10 Å². The molecule has 3 N–H and O–H groups in total. The number of carbonyl (C=O) groups excluding carboxylic acids is 1. The molecule has 0 saturated carbocycles. The Morgan fingerprint density at radius 2 is 2.18 bits per heavy atom. The average Bonchev–Trinajstić information content (AvgIpc) is 2.54. The van der Waals surface area contributed by atoms with E-state index in [2.05, 4.69) is 10.6 Å². The highest BCUT2D eigenvalue weighted by atomic mass is 16.3. The summed E-state index contributed by atoms with van der Waals surface area (Å²) in [7, 11) is 0. The molecule has 1 unspecified atom stereocenters. The molecule has 0 radical (unpaired) electrons. The topological polar surface area (TPSA) is 74.5 Å². The fourth-order valence-corrected chi connectivity index (χ4v) is 1.49. The molecule has 0 bridgehead atoms. The van der Waals surface area contributed by atoms with Crippen molar-refractivity contribution in [1.82, 2.24) is 10.6 Å². The van der Waals surface area contributed by atoms with Gasteiger partial charge in [0, 0.05) is 18.7 Å². The van der Waals surface area contributed by atoms with Crippen LogP contribution in [0.25, 0.3) is 0 Å². The molecule has 17 heavy (non-hydrogen) atoms. The highest BCUT2D eigenvalue weighted by Gasteiger charge is 2.06. The summed E-state index contributed by atoms with van der Waals surface area (Å²) in [6.07, 6.45) is 0.158. The van der Waals surface area contributed by atoms with Gasteiger partial charge in [-0.3, -0.25) is 0 Å². The van der Waals surface area contributed by atoms with E-state index < -0.39 is 6.10 Å². The summed E-state index contributed by atoms with van der Waals surface area (Å²) in [6.45, 7) is 6.35. The molecule has 1 aromatic rings. The van der Waals surface area contributed by atoms with E-state index in [-0.39, 0.29) is 6.03 Å². The van der Waals surface area contributed by atoms with E-state index in [9.17, 15) is 4.79 Å². The molecular weight excluding hydrogens is 220 g/mol. The number of rotatable bonds is 5. The lowest BCUT2D eigenvalue weighted by atomic mass is 10.2. The van der Waals surface area contributed by atoms with Gasteiger partial charge < -0.3 is 20.2 Å². The molecule has 1 atom stereocenters. The summed E-state index contributed by atoms with van der Waals surface area (Å²) in [6, 6.07) is 1.68. The summed E-state index contributed by atoms with van der Waals surface area (Å²) in [5, 5.41) is 14.4. The first-order chi connectivity index (χ1) is 7.99. The van der Waals surface area contributed by atoms with Crippen molar-refractivity contribution in [2.45, 2.75) is 39.8 Å². The van der Waals surface area contributed by atoms with Crippen LogP contribution in [0.1, 0.15) is 30.4 Å². The minimum atomic E-state index is -0.394. The number of hydrogen-bond donors (Lipinski definition) is 3. The molecule has 1 aromatic heterocycles. The standard InChI is InChI=1S/C12H20N2O3/c1-8(15)4-5-13-12(16)14-7-11-6-9(2)17-10(11)3/h6,8,15H,4-5,7H2,1-3H3,(H2,13,14,16). The number of carbonyl (C=O) groups is 1. The number of aliphatic hydroxyl groups excluding tert-OH is 1. The largest absolute Gasteiger partial charge is 0.466 e. The lowest BCUT2D eigenvalue weighted by molar-refractivity contribution is 0.183. The van der Waals surface area contributed by atoms with Gasteiger partial charge in [-0.15, -0.1) is 0 Å². The normalized spacial score (nSPS) is 12.2. The second-order valence-electron chi connectivity index (χ2n) is 4.19. The van der Waals surface area contributed by atoms with Gasteiger partial charge in [-0.25, -0.2) is 4.79 Å². The number of urea groups is 1. The van der Waals surface area contributed by atoms with E-state index in [0.717, 1.165) is 17.1 Å². The molecule has 2 amide bonds. The Labute approximate surface area is 101 Å². The van der Waals surface area contributed by atoms with Crippen LogP contribution in [0.3, 0.4) is 0 Å². The Morgan fingerprint density at radius 1 is 1.47 bits per heavy atom. The van der Waals surface area contributed by atoms with Crippen molar-refractivity contribution in [2.24, 2.45) is 0 Å². The van der Waals surface area contributed by atoms with Crippen molar-refractivity contribution < 1.29 is 14.3 Å². The Morgan fingerprint density at radius 3 is 2.71 bits per heavy atom. The Kier molecular flexibility index (Phi) is 5.03. The van der Waals surface area contributed by atoms with Gasteiger partial charge in [0.15, 0.2) is 0 Å². The van der Waals surface area contributed by atoms with Gasteiger partial charge in [0.1, 0.15) is 11.5 Å². The van der Waals surface area contributed by atoms with Crippen LogP contribution in [0.5, 0.6) is 0 Å². The quantitative estimate of drug-likeness (QED) is 0.729. The summed E-state index contributed by atoms with van der Waals surface area (Å²) < 4.78 is 5.35. The van der Waals surface area contributed by atoms with Gasteiger partial charge in [-0.1, -0.05) is 0 Å². The van der Waals surface area contributed by atoms with Crippen molar-refractivity contribution in [3.8, 4) is 0 Å². The number of amides is 2. The van der Waals surface area contributed by atoms with E-state index in [0.29, 0.717) is 19.5 Å². The first-order valence-electron chi connectivity index (χ1n) is 5.74. The Bertz CT molecular complexity index is 372.